The van der Waals surface area contributed by atoms with Gasteiger partial charge in [0.25, 0.3) is 5.95 Å². The number of hydrogen-bond acceptors (Lipinski definition) is 3. The van der Waals surface area contributed by atoms with Crippen molar-refractivity contribution in [1.29, 1.82) is 0 Å². The van der Waals surface area contributed by atoms with Gasteiger partial charge in [0.1, 0.15) is 0 Å². The highest BCUT2D eigenvalue weighted by Crippen LogP contribution is 2.18. The molecule has 2 heterocycles. The summed E-state index contributed by atoms with van der Waals surface area (Å²) in [5.74, 6) is 0.688. The van der Waals surface area contributed by atoms with Crippen LogP contribution in [-0.2, 0) is 12.8 Å². The van der Waals surface area contributed by atoms with E-state index in [4.69, 9.17) is 0 Å². The molecule has 0 atom stereocenters. The van der Waals surface area contributed by atoms with Gasteiger partial charge in [0.15, 0.2) is 0 Å². The third-order valence-corrected chi connectivity index (χ3v) is 3.75. The van der Waals surface area contributed by atoms with E-state index in [-0.39, 0.29) is 0 Å². The van der Waals surface area contributed by atoms with Crippen molar-refractivity contribution in [2.45, 2.75) is 54.4 Å². The van der Waals surface area contributed by atoms with E-state index < -0.39 is 0 Å². The van der Waals surface area contributed by atoms with E-state index in [0.717, 1.165) is 35.6 Å². The molecule has 2 rings (SSSR count). The van der Waals surface area contributed by atoms with Crippen molar-refractivity contribution in [3.05, 3.63) is 33.9 Å². The van der Waals surface area contributed by atoms with Crippen LogP contribution < -0.4 is 0 Å². The summed E-state index contributed by atoms with van der Waals surface area (Å²) >= 11 is 0. The summed E-state index contributed by atoms with van der Waals surface area (Å²) in [7, 11) is 0. The highest BCUT2D eigenvalue weighted by atomic mass is 15.4. The first-order valence-electron chi connectivity index (χ1n) is 6.89. The Bertz CT molecular complexity index is 588. The molecule has 0 amide bonds. The second-order valence-electron chi connectivity index (χ2n) is 4.94. The highest BCUT2D eigenvalue weighted by molar-refractivity contribution is 5.33. The van der Waals surface area contributed by atoms with Crippen molar-refractivity contribution in [3.63, 3.8) is 0 Å². The quantitative estimate of drug-likeness (QED) is 0.850. The predicted octanol–water partition coefficient (Wildman–Crippen LogP) is 3.02. The maximum atomic E-state index is 4.61. The first kappa shape index (κ1) is 13.7. The molecule has 0 unspecified atom stereocenters. The van der Waals surface area contributed by atoms with Gasteiger partial charge >= 0.3 is 0 Å². The molecule has 4 nitrogen and oxygen atoms in total. The number of aromatic nitrogens is 4. The van der Waals surface area contributed by atoms with E-state index >= 15 is 0 Å². The summed E-state index contributed by atoms with van der Waals surface area (Å²) in [4.78, 5) is 9.23. The number of nitrogens with zero attached hydrogens (tertiary/aromatic N) is 4. The second kappa shape index (κ2) is 5.11. The van der Waals surface area contributed by atoms with E-state index in [1.807, 2.05) is 25.5 Å². The van der Waals surface area contributed by atoms with Crippen LogP contribution in [0.5, 0.6) is 0 Å². The third-order valence-electron chi connectivity index (χ3n) is 3.75. The van der Waals surface area contributed by atoms with Crippen LogP contribution in [0.4, 0.5) is 0 Å². The summed E-state index contributed by atoms with van der Waals surface area (Å²) < 4.78 is 1.87. The molecule has 102 valence electrons. The Kier molecular flexibility index (Phi) is 3.69. The molecule has 0 aliphatic heterocycles. The van der Waals surface area contributed by atoms with Crippen LogP contribution in [-0.4, -0.2) is 19.7 Å². The zero-order valence-electron chi connectivity index (χ0n) is 12.7. The maximum absolute atomic E-state index is 4.61. The Morgan fingerprint density at radius 3 is 1.74 bits per heavy atom. The fourth-order valence-electron chi connectivity index (χ4n) is 2.71. The van der Waals surface area contributed by atoms with Crippen LogP contribution in [0.15, 0.2) is 0 Å². The average Bonchev–Trinajstić information content (AvgIpc) is 2.64. The minimum atomic E-state index is 0.688. The molecule has 0 aliphatic carbocycles. The molecule has 0 saturated heterocycles. The third kappa shape index (κ3) is 2.27. The molecule has 0 N–H and O–H groups in total. The molecule has 4 heteroatoms. The summed E-state index contributed by atoms with van der Waals surface area (Å²) in [6, 6.07) is 0. The van der Waals surface area contributed by atoms with E-state index in [0.29, 0.717) is 5.95 Å². The van der Waals surface area contributed by atoms with Gasteiger partial charge in [-0.25, -0.2) is 14.6 Å². The Morgan fingerprint density at radius 1 is 0.789 bits per heavy atom. The molecule has 0 aromatic carbocycles. The van der Waals surface area contributed by atoms with Crippen molar-refractivity contribution in [1.82, 2.24) is 19.7 Å². The fourth-order valence-corrected chi connectivity index (χ4v) is 2.71. The van der Waals surface area contributed by atoms with E-state index in [2.05, 4.69) is 35.8 Å². The standard InChI is InChI=1S/C15H22N4/c1-7-13-9(3)16-15(17-10(13)4)19-12(6)14(8-2)11(5)18-19/h7-8H2,1-6H3. The van der Waals surface area contributed by atoms with Gasteiger partial charge in [-0.3, -0.25) is 0 Å². The minimum Gasteiger partial charge on any atom is -0.216 e. The number of hydrogen-bond donors (Lipinski definition) is 0. The summed E-state index contributed by atoms with van der Waals surface area (Å²) in [6.07, 6.45) is 1.96. The molecular weight excluding hydrogens is 236 g/mol. The van der Waals surface area contributed by atoms with Crippen LogP contribution >= 0.6 is 0 Å². The highest BCUT2D eigenvalue weighted by Gasteiger charge is 2.15. The smallest absolute Gasteiger partial charge is 0.216 e. The van der Waals surface area contributed by atoms with Gasteiger partial charge in [-0.05, 0) is 51.7 Å². The van der Waals surface area contributed by atoms with Gasteiger partial charge in [0, 0.05) is 17.1 Å². The van der Waals surface area contributed by atoms with Crippen LogP contribution in [0, 0.1) is 27.7 Å². The fraction of sp³-hybridized carbons (Fsp3) is 0.533. The zero-order valence-corrected chi connectivity index (χ0v) is 12.7. The van der Waals surface area contributed by atoms with Gasteiger partial charge in [0.2, 0.25) is 0 Å². The van der Waals surface area contributed by atoms with E-state index in [1.54, 1.807) is 0 Å². The Morgan fingerprint density at radius 2 is 1.32 bits per heavy atom. The van der Waals surface area contributed by atoms with Crippen LogP contribution in [0.3, 0.4) is 0 Å². The van der Waals surface area contributed by atoms with Crippen molar-refractivity contribution < 1.29 is 0 Å². The molecule has 2 aromatic rings. The average molecular weight is 258 g/mol. The molecule has 0 aliphatic rings. The first-order chi connectivity index (χ1) is 8.99. The summed E-state index contributed by atoms with van der Waals surface area (Å²) in [6.45, 7) is 12.5. The topological polar surface area (TPSA) is 43.6 Å². The lowest BCUT2D eigenvalue weighted by Gasteiger charge is -2.10. The van der Waals surface area contributed by atoms with Crippen molar-refractivity contribution in [2.24, 2.45) is 0 Å². The van der Waals surface area contributed by atoms with Crippen LogP contribution in [0.1, 0.15) is 47.8 Å². The molecule has 0 radical (unpaired) electrons. The maximum Gasteiger partial charge on any atom is 0.251 e. The zero-order chi connectivity index (χ0) is 14.2. The summed E-state index contributed by atoms with van der Waals surface area (Å²) in [5, 5.41) is 4.58. The van der Waals surface area contributed by atoms with Gasteiger partial charge in [-0.15, -0.1) is 0 Å². The molecule has 2 aromatic heterocycles. The van der Waals surface area contributed by atoms with Crippen molar-refractivity contribution >= 4 is 0 Å². The Hall–Kier alpha value is -1.71. The normalized spacial score (nSPS) is 11.1. The molecule has 0 spiro atoms. The lowest BCUT2D eigenvalue weighted by molar-refractivity contribution is 0.754. The van der Waals surface area contributed by atoms with Gasteiger partial charge in [-0.2, -0.15) is 5.10 Å². The monoisotopic (exact) mass is 258 g/mol. The lowest BCUT2D eigenvalue weighted by atomic mass is 10.1. The SMILES string of the molecule is CCc1c(C)nc(-n2nc(C)c(CC)c2C)nc1C. The Labute approximate surface area is 114 Å². The second-order valence-corrected chi connectivity index (χ2v) is 4.94. The minimum absolute atomic E-state index is 0.688. The first-order valence-corrected chi connectivity index (χ1v) is 6.89. The van der Waals surface area contributed by atoms with E-state index in [1.165, 1.54) is 11.1 Å². The van der Waals surface area contributed by atoms with Crippen molar-refractivity contribution in [3.8, 4) is 5.95 Å². The number of rotatable bonds is 3. The lowest BCUT2D eigenvalue weighted by Crippen LogP contribution is -2.10. The predicted molar refractivity (Wildman–Crippen MR) is 76.9 cm³/mol. The molecular formula is C15H22N4. The largest absolute Gasteiger partial charge is 0.251 e. The van der Waals surface area contributed by atoms with E-state index in [9.17, 15) is 0 Å². The molecule has 0 bridgehead atoms. The van der Waals surface area contributed by atoms with Crippen LogP contribution in [0.25, 0.3) is 5.95 Å². The van der Waals surface area contributed by atoms with Crippen molar-refractivity contribution in [2.75, 3.05) is 0 Å². The van der Waals surface area contributed by atoms with Gasteiger partial charge in [-0.1, -0.05) is 13.8 Å². The van der Waals surface area contributed by atoms with Gasteiger partial charge < -0.3 is 0 Å². The van der Waals surface area contributed by atoms with Crippen LogP contribution in [0.2, 0.25) is 0 Å². The Balaban J connectivity index is 2.60. The number of aryl methyl sites for hydroxylation is 3. The molecule has 0 saturated carbocycles. The summed E-state index contributed by atoms with van der Waals surface area (Å²) in [5.41, 5.74) is 6.84. The molecule has 0 fully saturated rings. The molecule has 19 heavy (non-hydrogen) atoms. The van der Waals surface area contributed by atoms with Gasteiger partial charge in [0.05, 0.1) is 5.69 Å².